The van der Waals surface area contributed by atoms with Crippen molar-refractivity contribution in [2.24, 2.45) is 11.3 Å². The van der Waals surface area contributed by atoms with Gasteiger partial charge in [0, 0.05) is 30.3 Å². The quantitative estimate of drug-likeness (QED) is 0.216. The predicted octanol–water partition coefficient (Wildman–Crippen LogP) is 8.50. The van der Waals surface area contributed by atoms with Gasteiger partial charge < -0.3 is 19.9 Å². The molecule has 7 rings (SSSR count). The molecule has 4 aliphatic rings. The molecule has 0 aliphatic heterocycles. The zero-order chi connectivity index (χ0) is 36.6. The lowest BCUT2D eigenvalue weighted by Gasteiger charge is -2.55. The number of methoxy groups -OCH3 is 1. The van der Waals surface area contributed by atoms with Crippen molar-refractivity contribution in [2.45, 2.75) is 128 Å². The van der Waals surface area contributed by atoms with Crippen LogP contribution in [0.4, 0.5) is 10.6 Å². The Morgan fingerprint density at radius 2 is 1.67 bits per heavy atom. The number of rotatable bonds is 10. The van der Waals surface area contributed by atoms with E-state index in [-0.39, 0.29) is 40.8 Å². The number of aliphatic hydroxyl groups is 1. The van der Waals surface area contributed by atoms with Gasteiger partial charge in [-0.25, -0.2) is 14.8 Å². The van der Waals surface area contributed by atoms with E-state index in [9.17, 15) is 14.7 Å². The van der Waals surface area contributed by atoms with Crippen molar-refractivity contribution < 1.29 is 24.2 Å². The van der Waals surface area contributed by atoms with Crippen molar-refractivity contribution in [1.29, 1.82) is 0 Å². The van der Waals surface area contributed by atoms with Gasteiger partial charge in [0.1, 0.15) is 17.7 Å². The Morgan fingerprint density at radius 1 is 0.980 bits per heavy atom. The van der Waals surface area contributed by atoms with Crippen LogP contribution in [0, 0.1) is 18.3 Å². The minimum atomic E-state index is -0.759. The van der Waals surface area contributed by atoms with Crippen molar-refractivity contribution in [3.8, 4) is 16.2 Å². The first-order valence-electron chi connectivity index (χ1n) is 18.6. The molecule has 0 radical (unpaired) electrons. The van der Waals surface area contributed by atoms with Crippen LogP contribution < -0.4 is 15.0 Å². The van der Waals surface area contributed by atoms with Crippen LogP contribution in [0.3, 0.4) is 0 Å². The Bertz CT molecular complexity index is 1700. The molecule has 0 atom stereocenters. The van der Waals surface area contributed by atoms with Crippen LogP contribution in [0.15, 0.2) is 42.7 Å². The van der Waals surface area contributed by atoms with Gasteiger partial charge >= 0.3 is 6.09 Å². The van der Waals surface area contributed by atoms with Gasteiger partial charge in [-0.15, -0.1) is 11.3 Å². The molecule has 2 amide bonds. The Morgan fingerprint density at radius 3 is 2.25 bits per heavy atom. The standard InChI is InChI=1S/C41H56N4O5S/c1-27-22-30(10-13-32(27)49-7)41-18-15-40(16-19-41,17-20-41)25-45(34-23-29(14-21-42-34)33-24-43-36(51-33)38(2,3)4)35(47)28-8-11-31(12-9-28)50-37(48)44-39(5,6)26-46/h10,13-14,21-24,28,31,46H,8-9,11-12,15-20,25-26H2,1-7H3,(H,44,48)/t28-,31-,40?,41?. The molecular formula is C41H56N4O5S. The summed E-state index contributed by atoms with van der Waals surface area (Å²) in [5.41, 5.74) is 3.05. The molecule has 4 saturated carbocycles. The van der Waals surface area contributed by atoms with Crippen LogP contribution in [-0.2, 0) is 20.4 Å². The molecular weight excluding hydrogens is 661 g/mol. The molecule has 10 heteroatoms. The number of carbonyl (C=O) groups excluding carboxylic acids is 2. The number of amides is 2. The molecule has 0 unspecified atom stereocenters. The number of thiazole rings is 1. The number of fused-ring (bicyclic) bond motifs is 3. The first kappa shape index (κ1) is 37.3. The number of nitrogens with zero attached hydrogens (tertiary/aromatic N) is 3. The van der Waals surface area contributed by atoms with E-state index >= 15 is 0 Å². The van der Waals surface area contributed by atoms with Gasteiger partial charge in [0.05, 0.1) is 29.1 Å². The number of aryl methyl sites for hydroxylation is 1. The smallest absolute Gasteiger partial charge is 0.407 e. The van der Waals surface area contributed by atoms with E-state index in [1.165, 1.54) is 11.1 Å². The van der Waals surface area contributed by atoms with Crippen LogP contribution in [0.2, 0.25) is 0 Å². The number of anilines is 1. The lowest BCUT2D eigenvalue weighted by Crippen LogP contribution is -2.52. The summed E-state index contributed by atoms with van der Waals surface area (Å²) in [5, 5.41) is 13.3. The summed E-state index contributed by atoms with van der Waals surface area (Å²) >= 11 is 1.70. The largest absolute Gasteiger partial charge is 0.496 e. The van der Waals surface area contributed by atoms with E-state index in [4.69, 9.17) is 19.4 Å². The summed E-state index contributed by atoms with van der Waals surface area (Å²) in [4.78, 5) is 39.8. The van der Waals surface area contributed by atoms with Crippen molar-refractivity contribution >= 4 is 29.2 Å². The summed E-state index contributed by atoms with van der Waals surface area (Å²) in [6, 6.07) is 10.8. The van der Waals surface area contributed by atoms with Crippen LogP contribution in [-0.4, -0.2) is 59.0 Å². The molecule has 2 N–H and O–H groups in total. The number of hydrogen-bond donors (Lipinski definition) is 2. The Labute approximate surface area is 307 Å². The molecule has 1 aromatic carbocycles. The Hall–Kier alpha value is -3.50. The van der Waals surface area contributed by atoms with Crippen molar-refractivity contribution in [3.63, 3.8) is 0 Å². The number of carbonyl (C=O) groups is 2. The van der Waals surface area contributed by atoms with Gasteiger partial charge in [0.15, 0.2) is 0 Å². The topological polar surface area (TPSA) is 114 Å². The molecule has 51 heavy (non-hydrogen) atoms. The SMILES string of the molecule is COc1ccc(C23CCC(CN(c4cc(-c5cnc(C(C)(C)C)s5)ccn4)C(=O)[C@H]4CC[C@H](OC(=O)NC(C)(C)CO)CC4)(CC2)CC3)cc1C. The summed E-state index contributed by atoms with van der Waals surface area (Å²) < 4.78 is 11.3. The van der Waals surface area contributed by atoms with Crippen molar-refractivity contribution in [3.05, 3.63) is 58.9 Å². The second-order valence-electron chi connectivity index (χ2n) is 17.1. The molecule has 3 aromatic rings. The average Bonchev–Trinajstić information content (AvgIpc) is 3.63. The maximum Gasteiger partial charge on any atom is 0.407 e. The summed E-state index contributed by atoms with van der Waals surface area (Å²) in [7, 11) is 1.73. The first-order valence-corrected chi connectivity index (χ1v) is 19.5. The van der Waals surface area contributed by atoms with E-state index in [1.54, 1.807) is 32.3 Å². The second kappa shape index (κ2) is 14.5. The van der Waals surface area contributed by atoms with E-state index in [0.717, 1.165) is 59.7 Å². The van der Waals surface area contributed by atoms with E-state index in [2.05, 4.69) is 57.3 Å². The third-order valence-corrected chi connectivity index (χ3v) is 13.2. The predicted molar refractivity (Wildman–Crippen MR) is 202 cm³/mol. The lowest BCUT2D eigenvalue weighted by atomic mass is 9.51. The normalized spacial score (nSPS) is 24.9. The molecule has 4 fully saturated rings. The number of nitrogens with one attached hydrogen (secondary N) is 1. The molecule has 2 heterocycles. The monoisotopic (exact) mass is 716 g/mol. The van der Waals surface area contributed by atoms with Crippen LogP contribution >= 0.6 is 11.3 Å². The van der Waals surface area contributed by atoms with Gasteiger partial charge in [-0.05, 0) is 131 Å². The lowest BCUT2D eigenvalue weighted by molar-refractivity contribution is -0.124. The van der Waals surface area contributed by atoms with E-state index < -0.39 is 11.6 Å². The highest BCUT2D eigenvalue weighted by molar-refractivity contribution is 7.15. The Balaban J connectivity index is 1.22. The van der Waals surface area contributed by atoms with Crippen LogP contribution in [0.1, 0.15) is 115 Å². The molecule has 2 bridgehead atoms. The number of aliphatic hydroxyl groups excluding tert-OH is 1. The fourth-order valence-corrected chi connectivity index (χ4v) is 9.34. The summed E-state index contributed by atoms with van der Waals surface area (Å²) in [5.74, 6) is 1.58. The number of ether oxygens (including phenoxy) is 2. The summed E-state index contributed by atoms with van der Waals surface area (Å²) in [6.07, 6.45) is 12.1. The molecule has 4 aliphatic carbocycles. The maximum absolute atomic E-state index is 14.7. The van der Waals surface area contributed by atoms with Crippen LogP contribution in [0.5, 0.6) is 5.75 Å². The highest BCUT2D eigenvalue weighted by atomic mass is 32.1. The first-order chi connectivity index (χ1) is 24.1. The molecule has 0 spiro atoms. The van der Waals surface area contributed by atoms with Crippen molar-refractivity contribution in [1.82, 2.24) is 15.3 Å². The number of aromatic nitrogens is 2. The average molecular weight is 717 g/mol. The molecule has 276 valence electrons. The zero-order valence-electron chi connectivity index (χ0n) is 31.5. The van der Waals surface area contributed by atoms with Gasteiger partial charge in [-0.2, -0.15) is 0 Å². The van der Waals surface area contributed by atoms with Gasteiger partial charge in [0.25, 0.3) is 0 Å². The molecule has 9 nitrogen and oxygen atoms in total. The fraction of sp³-hybridized carbons (Fsp3) is 0.610. The summed E-state index contributed by atoms with van der Waals surface area (Å²) in [6.45, 7) is 12.6. The number of alkyl carbamates (subject to hydrolysis) is 1. The number of hydrogen-bond acceptors (Lipinski definition) is 8. The minimum absolute atomic E-state index is 0.0401. The van der Waals surface area contributed by atoms with Crippen LogP contribution in [0.25, 0.3) is 10.4 Å². The van der Waals surface area contributed by atoms with Gasteiger partial charge in [0.2, 0.25) is 5.91 Å². The molecule has 2 aromatic heterocycles. The maximum atomic E-state index is 14.7. The number of pyridine rings is 1. The third kappa shape index (κ3) is 8.12. The second-order valence-corrected chi connectivity index (χ2v) is 18.1. The molecule has 0 saturated heterocycles. The van der Waals surface area contributed by atoms with Crippen molar-refractivity contribution in [2.75, 3.05) is 25.2 Å². The zero-order valence-corrected chi connectivity index (χ0v) is 32.3. The Kier molecular flexibility index (Phi) is 10.6. The third-order valence-electron chi connectivity index (χ3n) is 11.8. The van der Waals surface area contributed by atoms with Gasteiger partial charge in [-0.1, -0.05) is 32.9 Å². The fourth-order valence-electron chi connectivity index (χ4n) is 8.37. The highest BCUT2D eigenvalue weighted by Crippen LogP contribution is 2.58. The minimum Gasteiger partial charge on any atom is -0.496 e. The number of benzene rings is 1. The van der Waals surface area contributed by atoms with Gasteiger partial charge in [-0.3, -0.25) is 9.69 Å². The van der Waals surface area contributed by atoms with E-state index in [0.29, 0.717) is 38.0 Å². The highest BCUT2D eigenvalue weighted by Gasteiger charge is 2.51. The van der Waals surface area contributed by atoms with E-state index in [1.807, 2.05) is 23.4 Å².